The Bertz CT molecular complexity index is 952. The van der Waals surface area contributed by atoms with Crippen molar-refractivity contribution in [3.05, 3.63) is 46.0 Å². The summed E-state index contributed by atoms with van der Waals surface area (Å²) in [7, 11) is 1.97. The second-order valence-corrected chi connectivity index (χ2v) is 7.78. The van der Waals surface area contributed by atoms with Gasteiger partial charge in [-0.25, -0.2) is 4.98 Å². The monoisotopic (exact) mass is 374 g/mol. The maximum Gasteiger partial charge on any atom is 0.191 e. The fourth-order valence-electron chi connectivity index (χ4n) is 2.32. The lowest BCUT2D eigenvalue weighted by Gasteiger charge is -2.02. The molecule has 4 aromatic rings. The minimum atomic E-state index is 0.775. The van der Waals surface area contributed by atoms with Crippen molar-refractivity contribution in [3.63, 3.8) is 0 Å². The first-order valence-electron chi connectivity index (χ1n) is 7.26. The number of hydrogen-bond acceptors (Lipinski definition) is 7. The summed E-state index contributed by atoms with van der Waals surface area (Å²) < 4.78 is 7.35. The summed E-state index contributed by atoms with van der Waals surface area (Å²) in [6.07, 6.45) is 1.67. The van der Waals surface area contributed by atoms with Gasteiger partial charge in [0.15, 0.2) is 11.0 Å². The highest BCUT2D eigenvalue weighted by atomic mass is 32.2. The zero-order valence-electron chi connectivity index (χ0n) is 13.1. The van der Waals surface area contributed by atoms with Crippen LogP contribution < -0.4 is 0 Å². The summed E-state index contributed by atoms with van der Waals surface area (Å²) in [6, 6.07) is 4.02. The molecular weight excluding hydrogens is 360 g/mol. The van der Waals surface area contributed by atoms with Crippen LogP contribution in [-0.4, -0.2) is 19.7 Å². The van der Waals surface area contributed by atoms with Gasteiger partial charge in [0, 0.05) is 29.1 Å². The van der Waals surface area contributed by atoms with E-state index in [1.54, 1.807) is 40.7 Å². The first-order valence-corrected chi connectivity index (χ1v) is 10.1. The zero-order valence-corrected chi connectivity index (χ0v) is 15.5. The lowest BCUT2D eigenvalue weighted by Crippen LogP contribution is -1.95. The molecule has 0 aliphatic carbocycles. The third kappa shape index (κ3) is 2.92. The van der Waals surface area contributed by atoms with E-state index in [4.69, 9.17) is 9.40 Å². The minimum Gasteiger partial charge on any atom is -0.469 e. The van der Waals surface area contributed by atoms with E-state index < -0.39 is 0 Å². The second-order valence-electron chi connectivity index (χ2n) is 5.20. The summed E-state index contributed by atoms with van der Waals surface area (Å²) in [5, 5.41) is 16.8. The van der Waals surface area contributed by atoms with Gasteiger partial charge in [0.2, 0.25) is 0 Å². The van der Waals surface area contributed by atoms with Crippen LogP contribution in [0, 0.1) is 6.92 Å². The van der Waals surface area contributed by atoms with Gasteiger partial charge >= 0.3 is 0 Å². The largest absolute Gasteiger partial charge is 0.469 e. The molecule has 0 aliphatic rings. The van der Waals surface area contributed by atoms with Crippen molar-refractivity contribution in [1.82, 2.24) is 19.7 Å². The van der Waals surface area contributed by atoms with Gasteiger partial charge in [0.1, 0.15) is 10.8 Å². The Morgan fingerprint density at radius 3 is 2.92 bits per heavy atom. The Hall–Kier alpha value is -1.90. The van der Waals surface area contributed by atoms with Gasteiger partial charge in [-0.3, -0.25) is 0 Å². The number of aryl methyl sites for hydroxylation is 1. The van der Waals surface area contributed by atoms with Crippen LogP contribution in [0.15, 0.2) is 44.1 Å². The Kier molecular flexibility index (Phi) is 4.26. The predicted molar refractivity (Wildman–Crippen MR) is 98.4 cm³/mol. The Labute approximate surface area is 151 Å². The number of nitrogens with zero attached hydrogens (tertiary/aromatic N) is 4. The average molecular weight is 375 g/mol. The molecule has 0 saturated carbocycles. The summed E-state index contributed by atoms with van der Waals surface area (Å²) in [5.41, 5.74) is 3.23. The van der Waals surface area contributed by atoms with Crippen LogP contribution in [0.1, 0.15) is 11.5 Å². The van der Waals surface area contributed by atoms with Crippen molar-refractivity contribution in [2.45, 2.75) is 17.8 Å². The standard InChI is InChI=1S/C16H14N4OS3/c1-10-13(3-5-21-10)14-18-19-16(20(14)2)24-9-12-8-23-15(17-12)11-4-6-22-7-11/h3-8H,9H2,1-2H3. The number of hydrogen-bond donors (Lipinski definition) is 0. The molecule has 0 bridgehead atoms. The van der Waals surface area contributed by atoms with Crippen LogP contribution in [0.3, 0.4) is 0 Å². The molecule has 0 amide bonds. The fraction of sp³-hybridized carbons (Fsp3) is 0.188. The number of aromatic nitrogens is 4. The average Bonchev–Trinajstić information content (AvgIpc) is 3.33. The van der Waals surface area contributed by atoms with Gasteiger partial charge in [-0.05, 0) is 24.4 Å². The van der Waals surface area contributed by atoms with E-state index in [9.17, 15) is 0 Å². The minimum absolute atomic E-state index is 0.775. The van der Waals surface area contributed by atoms with Crippen molar-refractivity contribution in [2.75, 3.05) is 0 Å². The molecule has 0 aliphatic heterocycles. The van der Waals surface area contributed by atoms with E-state index in [1.165, 1.54) is 5.56 Å². The molecule has 0 aromatic carbocycles. The van der Waals surface area contributed by atoms with E-state index in [-0.39, 0.29) is 0 Å². The van der Waals surface area contributed by atoms with Gasteiger partial charge < -0.3 is 8.98 Å². The summed E-state index contributed by atoms with van der Waals surface area (Å²) in [5.74, 6) is 2.44. The first kappa shape index (κ1) is 15.6. The Morgan fingerprint density at radius 1 is 1.25 bits per heavy atom. The number of thioether (sulfide) groups is 1. The summed E-state index contributed by atoms with van der Waals surface area (Å²) >= 11 is 5.01. The number of rotatable bonds is 5. The molecule has 0 saturated heterocycles. The Balaban J connectivity index is 1.49. The maximum absolute atomic E-state index is 5.35. The van der Waals surface area contributed by atoms with E-state index in [0.29, 0.717) is 0 Å². The van der Waals surface area contributed by atoms with Crippen LogP contribution >= 0.6 is 34.4 Å². The molecule has 0 fully saturated rings. The highest BCUT2D eigenvalue weighted by molar-refractivity contribution is 7.98. The van der Waals surface area contributed by atoms with Crippen LogP contribution in [0.5, 0.6) is 0 Å². The van der Waals surface area contributed by atoms with Gasteiger partial charge in [-0.15, -0.1) is 21.5 Å². The van der Waals surface area contributed by atoms with Crippen molar-refractivity contribution in [3.8, 4) is 22.0 Å². The second kappa shape index (κ2) is 6.54. The lowest BCUT2D eigenvalue weighted by atomic mass is 10.2. The maximum atomic E-state index is 5.35. The molecule has 5 nitrogen and oxygen atoms in total. The highest BCUT2D eigenvalue weighted by Crippen LogP contribution is 2.30. The SMILES string of the molecule is Cc1occc1-c1nnc(SCc2csc(-c3ccsc3)n2)n1C. The van der Waals surface area contributed by atoms with Crippen LogP contribution in [0.2, 0.25) is 0 Å². The van der Waals surface area contributed by atoms with E-state index in [2.05, 4.69) is 32.4 Å². The van der Waals surface area contributed by atoms with Gasteiger partial charge in [0.05, 0.1) is 17.5 Å². The predicted octanol–water partition coefficient (Wildman–Crippen LogP) is 4.86. The summed E-state index contributed by atoms with van der Waals surface area (Å²) in [4.78, 5) is 4.70. The van der Waals surface area contributed by atoms with Gasteiger partial charge in [-0.1, -0.05) is 11.8 Å². The third-order valence-corrected chi connectivity index (χ3v) is 6.28. The molecule has 122 valence electrons. The number of thiophene rings is 1. The molecule has 4 rings (SSSR count). The molecule has 0 radical (unpaired) electrons. The van der Waals surface area contributed by atoms with Crippen molar-refractivity contribution in [2.24, 2.45) is 7.05 Å². The first-order chi connectivity index (χ1) is 11.7. The van der Waals surface area contributed by atoms with Crippen LogP contribution in [-0.2, 0) is 12.8 Å². The quantitative estimate of drug-likeness (QED) is 0.467. The molecule has 0 N–H and O–H groups in total. The van der Waals surface area contributed by atoms with Crippen LogP contribution in [0.25, 0.3) is 22.0 Å². The van der Waals surface area contributed by atoms with Crippen LogP contribution in [0.4, 0.5) is 0 Å². The topological polar surface area (TPSA) is 56.7 Å². The summed E-state index contributed by atoms with van der Waals surface area (Å²) in [6.45, 7) is 1.93. The van der Waals surface area contributed by atoms with Crippen molar-refractivity contribution >= 4 is 34.4 Å². The third-order valence-electron chi connectivity index (χ3n) is 3.60. The number of thiazole rings is 1. The molecular formula is C16H14N4OS3. The molecule has 8 heteroatoms. The zero-order chi connectivity index (χ0) is 16.5. The Morgan fingerprint density at radius 2 is 2.17 bits per heavy atom. The van der Waals surface area contributed by atoms with E-state index in [1.807, 2.05) is 24.6 Å². The normalized spacial score (nSPS) is 11.2. The van der Waals surface area contributed by atoms with E-state index >= 15 is 0 Å². The fourth-order valence-corrected chi connectivity index (χ4v) is 4.76. The highest BCUT2D eigenvalue weighted by Gasteiger charge is 2.15. The molecule has 0 unspecified atom stereocenters. The smallest absolute Gasteiger partial charge is 0.191 e. The molecule has 24 heavy (non-hydrogen) atoms. The van der Waals surface area contributed by atoms with Gasteiger partial charge in [0.25, 0.3) is 0 Å². The van der Waals surface area contributed by atoms with Crippen molar-refractivity contribution in [1.29, 1.82) is 0 Å². The van der Waals surface area contributed by atoms with E-state index in [0.717, 1.165) is 38.8 Å². The van der Waals surface area contributed by atoms with Gasteiger partial charge in [-0.2, -0.15) is 11.3 Å². The molecule has 0 atom stereocenters. The molecule has 4 heterocycles. The van der Waals surface area contributed by atoms with Crippen molar-refractivity contribution < 1.29 is 4.42 Å². The molecule has 4 aromatic heterocycles. The molecule has 0 spiro atoms. The lowest BCUT2D eigenvalue weighted by molar-refractivity contribution is 0.534. The number of furan rings is 1.